The highest BCUT2D eigenvalue weighted by Gasteiger charge is 2.68. The van der Waals surface area contributed by atoms with Gasteiger partial charge in [-0.2, -0.15) is 0 Å². The van der Waals surface area contributed by atoms with Gasteiger partial charge in [-0.15, -0.1) is 0 Å². The molecule has 36 heavy (non-hydrogen) atoms. The maximum atomic E-state index is 13.8. The van der Waals surface area contributed by atoms with Crippen molar-refractivity contribution in [2.24, 2.45) is 17.6 Å². The van der Waals surface area contributed by atoms with Gasteiger partial charge in [0.1, 0.15) is 22.8 Å². The Bertz CT molecular complexity index is 1300. The lowest BCUT2D eigenvalue weighted by molar-refractivity contribution is -0.169. The molecule has 3 aliphatic carbocycles. The number of hydrogen-bond donors (Lipinski definition) is 7. The first-order chi connectivity index (χ1) is 16.7. The maximum Gasteiger partial charge on any atom is 0.255 e. The fourth-order valence-corrected chi connectivity index (χ4v) is 6.00. The summed E-state index contributed by atoms with van der Waals surface area (Å²) in [5.41, 5.74) is 1.08. The molecule has 1 aromatic rings. The Labute approximate surface area is 205 Å². The van der Waals surface area contributed by atoms with E-state index >= 15 is 0 Å². The number of carbonyl (C=O) groups excluding carboxylic acids is 4. The number of phenolic OH excluding ortho intramolecular Hbond substituents is 1. The highest BCUT2D eigenvalue weighted by atomic mass is 16.4. The van der Waals surface area contributed by atoms with Crippen LogP contribution in [0.3, 0.4) is 0 Å². The van der Waals surface area contributed by atoms with E-state index in [2.05, 4.69) is 5.32 Å². The Morgan fingerprint density at radius 1 is 1.14 bits per heavy atom. The normalized spacial score (nSPS) is 31.7. The number of primary amides is 1. The van der Waals surface area contributed by atoms with Gasteiger partial charge in [0.05, 0.1) is 23.6 Å². The van der Waals surface area contributed by atoms with Crippen LogP contribution >= 0.6 is 0 Å². The number of fused-ring (bicyclic) bond motifs is 3. The minimum absolute atomic E-state index is 0.197. The van der Waals surface area contributed by atoms with E-state index in [4.69, 9.17) is 5.73 Å². The van der Waals surface area contributed by atoms with E-state index in [1.165, 1.54) is 38.1 Å². The van der Waals surface area contributed by atoms with Crippen molar-refractivity contribution in [3.05, 3.63) is 40.2 Å². The summed E-state index contributed by atoms with van der Waals surface area (Å²) in [6.07, 6.45) is -1.71. The Morgan fingerprint density at radius 2 is 1.75 bits per heavy atom. The Hall–Kier alpha value is -3.74. The first kappa shape index (κ1) is 25.4. The van der Waals surface area contributed by atoms with Crippen LogP contribution in [0.15, 0.2) is 29.0 Å². The Kier molecular flexibility index (Phi) is 5.74. The standard InChI is InChI=1S/C24H27N3O9/c1-7-11-9(26-8(2)28)5-6-10(29)13(11)18(30)14-12(7)19(31)16-17(27(3)4)20(32)15(23(25)35)22(34)24(16,36)21(14)33/h5-7,12,16-17,19,29-31,34,36H,1-4H3,(H2,25,35)(H,26,28)/t7-,12+,16-,17-,19+,24+/m1/s1. The molecule has 1 aromatic carbocycles. The molecule has 3 aliphatic rings. The summed E-state index contributed by atoms with van der Waals surface area (Å²) in [6, 6.07) is 1.15. The third kappa shape index (κ3) is 3.11. The number of aliphatic hydroxyl groups excluding tert-OH is 3. The molecular formula is C24H27N3O9. The van der Waals surface area contributed by atoms with Crippen LogP contribution in [0.4, 0.5) is 5.69 Å². The van der Waals surface area contributed by atoms with Crippen LogP contribution in [-0.2, 0) is 19.2 Å². The number of anilines is 1. The van der Waals surface area contributed by atoms with Crippen molar-refractivity contribution in [3.63, 3.8) is 0 Å². The summed E-state index contributed by atoms with van der Waals surface area (Å²) >= 11 is 0. The second-order valence-corrected chi connectivity index (χ2v) is 9.65. The zero-order valence-electron chi connectivity index (χ0n) is 19.9. The molecule has 12 nitrogen and oxygen atoms in total. The lowest BCUT2D eigenvalue weighted by Gasteiger charge is -2.53. The van der Waals surface area contributed by atoms with Gasteiger partial charge in [0.2, 0.25) is 11.7 Å². The Morgan fingerprint density at radius 3 is 2.28 bits per heavy atom. The number of nitrogens with one attached hydrogen (secondary N) is 1. The molecule has 0 aromatic heterocycles. The van der Waals surface area contributed by atoms with Gasteiger partial charge in [-0.25, -0.2) is 0 Å². The van der Waals surface area contributed by atoms with Crippen molar-refractivity contribution in [1.29, 1.82) is 0 Å². The summed E-state index contributed by atoms with van der Waals surface area (Å²) in [5.74, 6) is -10.3. The average Bonchev–Trinajstić information content (AvgIpc) is 2.76. The van der Waals surface area contributed by atoms with E-state index < -0.39 is 87.3 Å². The van der Waals surface area contributed by atoms with Gasteiger partial charge in [0, 0.05) is 24.1 Å². The highest BCUT2D eigenvalue weighted by Crippen LogP contribution is 2.57. The molecule has 0 unspecified atom stereocenters. The van der Waals surface area contributed by atoms with Gasteiger partial charge in [-0.1, -0.05) is 6.92 Å². The molecule has 8 N–H and O–H groups in total. The summed E-state index contributed by atoms with van der Waals surface area (Å²) in [5, 5.41) is 58.4. The third-order valence-corrected chi connectivity index (χ3v) is 7.42. The highest BCUT2D eigenvalue weighted by molar-refractivity contribution is 6.24. The van der Waals surface area contributed by atoms with Gasteiger partial charge in [0.15, 0.2) is 11.4 Å². The van der Waals surface area contributed by atoms with E-state index in [0.29, 0.717) is 0 Å². The van der Waals surface area contributed by atoms with Crippen LogP contribution in [0, 0.1) is 11.8 Å². The molecule has 6 atom stereocenters. The smallest absolute Gasteiger partial charge is 0.255 e. The zero-order valence-corrected chi connectivity index (χ0v) is 19.9. The lowest BCUT2D eigenvalue weighted by atomic mass is 9.54. The molecule has 12 heteroatoms. The van der Waals surface area contributed by atoms with Crippen molar-refractivity contribution >= 4 is 34.8 Å². The summed E-state index contributed by atoms with van der Waals surface area (Å²) < 4.78 is 0. The summed E-state index contributed by atoms with van der Waals surface area (Å²) in [7, 11) is 2.85. The number of nitrogens with zero attached hydrogens (tertiary/aromatic N) is 1. The first-order valence-electron chi connectivity index (χ1n) is 11.1. The van der Waals surface area contributed by atoms with E-state index in [0.717, 1.165) is 0 Å². The predicted octanol–water partition coefficient (Wildman–Crippen LogP) is -0.546. The second kappa shape index (κ2) is 8.15. The largest absolute Gasteiger partial charge is 0.508 e. The molecule has 0 bridgehead atoms. The number of rotatable bonds is 3. The number of aromatic hydroxyl groups is 1. The SMILES string of the molecule is CC(=O)Nc1ccc(O)c2c1[C@@H](C)[C@H]1C(=C2O)C(=O)[C@]2(O)C(O)=C(C(N)=O)C(=O)[C@H](N(C)C)[C@@H]2[C@H]1O. The molecule has 1 saturated carbocycles. The van der Waals surface area contributed by atoms with Crippen LogP contribution in [0.1, 0.15) is 30.9 Å². The molecule has 2 amide bonds. The van der Waals surface area contributed by atoms with Crippen LogP contribution in [0.5, 0.6) is 5.75 Å². The number of aliphatic hydroxyl groups is 4. The topological polar surface area (TPSA) is 211 Å². The van der Waals surface area contributed by atoms with Crippen molar-refractivity contribution in [2.45, 2.75) is 37.5 Å². The number of phenols is 1. The molecule has 1 fully saturated rings. The van der Waals surface area contributed by atoms with E-state index in [9.17, 15) is 44.7 Å². The van der Waals surface area contributed by atoms with Crippen LogP contribution in [0.2, 0.25) is 0 Å². The lowest BCUT2D eigenvalue weighted by Crippen LogP contribution is -2.70. The van der Waals surface area contributed by atoms with Crippen LogP contribution in [-0.4, -0.2) is 85.7 Å². The van der Waals surface area contributed by atoms with Crippen molar-refractivity contribution < 1.29 is 44.7 Å². The van der Waals surface area contributed by atoms with Crippen LogP contribution < -0.4 is 11.1 Å². The van der Waals surface area contributed by atoms with Crippen molar-refractivity contribution in [2.75, 3.05) is 19.4 Å². The van der Waals surface area contributed by atoms with Gasteiger partial charge < -0.3 is 36.6 Å². The summed E-state index contributed by atoms with van der Waals surface area (Å²) in [6.45, 7) is 2.84. The van der Waals surface area contributed by atoms with Gasteiger partial charge in [0.25, 0.3) is 5.91 Å². The number of carbonyl (C=O) groups is 4. The molecule has 192 valence electrons. The Balaban J connectivity index is 2.07. The fourth-order valence-electron chi connectivity index (χ4n) is 6.00. The number of hydrogen-bond acceptors (Lipinski definition) is 10. The monoisotopic (exact) mass is 501 g/mol. The van der Waals surface area contributed by atoms with E-state index in [1.807, 2.05) is 0 Å². The number of likely N-dealkylation sites (N-methyl/N-ethyl adjacent to an activating group) is 1. The summed E-state index contributed by atoms with van der Waals surface area (Å²) in [4.78, 5) is 52.1. The van der Waals surface area contributed by atoms with E-state index in [1.54, 1.807) is 6.92 Å². The van der Waals surface area contributed by atoms with Gasteiger partial charge in [-0.05, 0) is 37.7 Å². The second-order valence-electron chi connectivity index (χ2n) is 9.65. The number of nitrogens with two attached hydrogens (primary N) is 1. The molecule has 0 saturated heterocycles. The number of benzene rings is 1. The molecule has 0 spiro atoms. The number of ketones is 2. The van der Waals surface area contributed by atoms with Gasteiger partial charge in [-0.3, -0.25) is 24.1 Å². The van der Waals surface area contributed by atoms with Gasteiger partial charge >= 0.3 is 0 Å². The molecule has 4 rings (SSSR count). The first-order valence-corrected chi connectivity index (χ1v) is 11.1. The molecule has 0 heterocycles. The molecular weight excluding hydrogens is 474 g/mol. The van der Waals surface area contributed by atoms with E-state index in [-0.39, 0.29) is 16.8 Å². The molecule has 0 aliphatic heterocycles. The van der Waals surface area contributed by atoms with Crippen molar-refractivity contribution in [3.8, 4) is 5.75 Å². The minimum atomic E-state index is -2.98. The maximum absolute atomic E-state index is 13.8. The fraction of sp³-hybridized carbons (Fsp3) is 0.417. The average molecular weight is 501 g/mol. The quantitative estimate of drug-likeness (QED) is 0.207. The third-order valence-electron chi connectivity index (χ3n) is 7.42. The zero-order chi connectivity index (χ0) is 27.0. The minimum Gasteiger partial charge on any atom is -0.508 e. The predicted molar refractivity (Wildman–Crippen MR) is 125 cm³/mol. The van der Waals surface area contributed by atoms with Crippen molar-refractivity contribution in [1.82, 2.24) is 4.90 Å². The molecule has 0 radical (unpaired) electrons. The number of amides is 2. The van der Waals surface area contributed by atoms with Crippen LogP contribution in [0.25, 0.3) is 5.76 Å². The number of Topliss-reactive ketones (excluding diaryl/α,β-unsaturated/α-hetero) is 2.